The molecule has 2 aromatic heterocycles. The zero-order valence-electron chi connectivity index (χ0n) is 32.5. The number of phenols is 1. The Kier molecular flexibility index (Phi) is 13.7. The molecule has 2 saturated heterocycles. The first-order valence-corrected chi connectivity index (χ1v) is 22.8. The summed E-state index contributed by atoms with van der Waals surface area (Å²) in [4.78, 5) is 74.8. The van der Waals surface area contributed by atoms with Crippen LogP contribution in [0.1, 0.15) is 42.3 Å². The third kappa shape index (κ3) is 9.74. The quantitative estimate of drug-likeness (QED) is 0.0688. The van der Waals surface area contributed by atoms with Crippen molar-refractivity contribution < 1.29 is 52.6 Å². The van der Waals surface area contributed by atoms with Crippen molar-refractivity contribution in [3.05, 3.63) is 77.1 Å². The Morgan fingerprint density at radius 3 is 2.39 bits per heavy atom. The molecule has 5 atom stereocenters. The number of aromatic nitrogens is 3. The third-order valence-corrected chi connectivity index (χ3v) is 14.5. The van der Waals surface area contributed by atoms with Crippen molar-refractivity contribution in [2.75, 3.05) is 31.8 Å². The van der Waals surface area contributed by atoms with Crippen LogP contribution < -0.4 is 15.4 Å². The van der Waals surface area contributed by atoms with Crippen molar-refractivity contribution >= 4 is 85.2 Å². The summed E-state index contributed by atoms with van der Waals surface area (Å²) >= 11 is 1.27. The van der Waals surface area contributed by atoms with E-state index >= 15 is 0 Å². The average molecular weight is 887 g/mol. The van der Waals surface area contributed by atoms with Crippen LogP contribution in [0.2, 0.25) is 0 Å². The number of thioether (sulfide) groups is 1. The number of alkyl carbamates (subject to hydrolysis) is 1. The van der Waals surface area contributed by atoms with Crippen molar-refractivity contribution in [3.8, 4) is 11.5 Å². The molecule has 59 heavy (non-hydrogen) atoms. The number of β-lactam (4-membered cyclic amide) rings is 1. The summed E-state index contributed by atoms with van der Waals surface area (Å²) in [7, 11) is 2.49. The second-order valence-corrected chi connectivity index (χ2v) is 19.8. The first-order chi connectivity index (χ1) is 28.1. The Morgan fingerprint density at radius 2 is 1.73 bits per heavy atom. The summed E-state index contributed by atoms with van der Waals surface area (Å²) in [6.07, 6.45) is 0.0369. The lowest BCUT2D eigenvalue weighted by molar-refractivity contribution is -0.161. The van der Waals surface area contributed by atoms with E-state index < -0.39 is 69.0 Å². The van der Waals surface area contributed by atoms with Crippen molar-refractivity contribution in [1.82, 2.24) is 30.1 Å². The van der Waals surface area contributed by atoms with Crippen LogP contribution in [0.3, 0.4) is 0 Å². The number of carboxylic acids is 1. The molecule has 2 aliphatic heterocycles. The van der Waals surface area contributed by atoms with Crippen LogP contribution in [0.5, 0.6) is 11.5 Å². The van der Waals surface area contributed by atoms with E-state index in [9.17, 15) is 38.4 Å². The number of hydrogen-bond acceptors (Lipinski definition) is 15. The number of ether oxygens (including phenoxy) is 3. The number of amides is 3. The van der Waals surface area contributed by atoms with Gasteiger partial charge in [-0.25, -0.2) is 23.9 Å². The number of aryl methyl sites for hydroxylation is 2. The van der Waals surface area contributed by atoms with Crippen LogP contribution in [0.4, 0.5) is 9.59 Å². The topological polar surface area (TPSA) is 229 Å². The van der Waals surface area contributed by atoms with Gasteiger partial charge in [0.1, 0.15) is 48.2 Å². The predicted octanol–water partition coefficient (Wildman–Crippen LogP) is 4.54. The van der Waals surface area contributed by atoms with Gasteiger partial charge in [0, 0.05) is 28.5 Å². The molecule has 4 heterocycles. The molecule has 3 amide bonds. The molecule has 4 N–H and O–H groups in total. The maximum Gasteiger partial charge on any atom is 0.420 e. The van der Waals surface area contributed by atoms with Crippen LogP contribution in [-0.2, 0) is 40.4 Å². The highest BCUT2D eigenvalue weighted by Gasteiger charge is 2.64. The lowest BCUT2D eigenvalue weighted by Crippen LogP contribution is -2.71. The van der Waals surface area contributed by atoms with Gasteiger partial charge in [-0.3, -0.25) is 18.8 Å². The molecule has 6 rings (SSSR count). The molecule has 0 spiro atoms. The van der Waals surface area contributed by atoms with E-state index in [-0.39, 0.29) is 29.9 Å². The molecular weight excluding hydrogens is 845 g/mol. The molecule has 17 nitrogen and oxygen atoms in total. The van der Waals surface area contributed by atoms with E-state index in [4.69, 9.17) is 14.2 Å². The third-order valence-electron chi connectivity index (χ3n) is 9.41. The summed E-state index contributed by atoms with van der Waals surface area (Å²) < 4.78 is 30.2. The van der Waals surface area contributed by atoms with Gasteiger partial charge in [0.05, 0.1) is 40.4 Å². The van der Waals surface area contributed by atoms with E-state index in [0.29, 0.717) is 39.5 Å². The molecule has 314 valence electrons. The van der Waals surface area contributed by atoms with Crippen molar-refractivity contribution in [2.45, 2.75) is 66.9 Å². The Bertz CT molecular complexity index is 2290. The van der Waals surface area contributed by atoms with E-state index in [1.165, 1.54) is 74.2 Å². The van der Waals surface area contributed by atoms with Crippen LogP contribution >= 0.6 is 33.3 Å². The largest absolute Gasteiger partial charge is 0.508 e. The van der Waals surface area contributed by atoms with Crippen molar-refractivity contribution in [3.63, 3.8) is 0 Å². The molecular formula is C38H42N6O11S4. The van der Waals surface area contributed by atoms with Crippen molar-refractivity contribution in [1.29, 1.82) is 0 Å². The van der Waals surface area contributed by atoms with Crippen LogP contribution in [0.15, 0.2) is 59.9 Å². The molecule has 2 fully saturated rings. The monoisotopic (exact) mass is 886 g/mol. The predicted molar refractivity (Wildman–Crippen MR) is 223 cm³/mol. The summed E-state index contributed by atoms with van der Waals surface area (Å²) in [6.45, 7) is 7.22. The standard InChI is InChI=1S/C38H42N6O11S4/c1-20-16-21(2)26(39-18-20)19-59(52)35-40-25-17-24(53-5)10-11-27(25)43(35)37(51)55-13-15-57-56-14-12-54-36(50)42-28(22-6-8-23(45)9-7-22)31(46)41-29-32(47)44-30(34(48)49)38(3,4)58-33(29)44/h6-11,16-18,28-30,33,45H,12-15,19H2,1-5H3,(H,41,46)(H,42,50)(H,48,49)/t28?,29-,30?,33-,59?/m1/s1. The van der Waals surface area contributed by atoms with Gasteiger partial charge in [-0.15, -0.1) is 11.8 Å². The molecule has 3 unspecified atom stereocenters. The molecule has 0 bridgehead atoms. The second kappa shape index (κ2) is 18.5. The second-order valence-electron chi connectivity index (χ2n) is 14.0. The van der Waals surface area contributed by atoms with Crippen molar-refractivity contribution in [2.24, 2.45) is 0 Å². The zero-order valence-corrected chi connectivity index (χ0v) is 35.8. The summed E-state index contributed by atoms with van der Waals surface area (Å²) in [6, 6.07) is 9.13. The lowest BCUT2D eigenvalue weighted by atomic mass is 9.95. The number of imidazole rings is 1. The maximum atomic E-state index is 13.6. The number of benzene rings is 2. The molecule has 0 saturated carbocycles. The Morgan fingerprint density at radius 1 is 1.03 bits per heavy atom. The number of pyridine rings is 1. The summed E-state index contributed by atoms with van der Waals surface area (Å²) in [5.74, 6) is -1.17. The first kappa shape index (κ1) is 43.6. The number of carboxylic acid groups (broad SMARTS) is 1. The number of aromatic hydroxyl groups is 1. The van der Waals surface area contributed by atoms with Crippen LogP contribution in [0.25, 0.3) is 11.0 Å². The molecule has 0 aliphatic carbocycles. The number of carbonyl (C=O) groups excluding carboxylic acids is 4. The fraction of sp³-hybridized carbons (Fsp3) is 0.395. The number of fused-ring (bicyclic) bond motifs is 2. The van der Waals surface area contributed by atoms with E-state index in [2.05, 4.69) is 20.6 Å². The Labute approximate surface area is 353 Å². The number of nitrogens with one attached hydrogen (secondary N) is 2. The highest BCUT2D eigenvalue weighted by atomic mass is 33.1. The average Bonchev–Trinajstić information content (AvgIpc) is 3.70. The molecule has 4 aromatic rings. The Hall–Kier alpha value is -4.99. The normalized spacial score (nSPS) is 19.0. The minimum atomic E-state index is -1.74. The number of nitrogens with zero attached hydrogens (tertiary/aromatic N) is 4. The SMILES string of the molecule is COc1ccc2c(c1)nc(S(=O)Cc1ncc(C)cc1C)n2C(=O)OCCSSCCOC(=O)NC(C(=O)N[C@@H]1C(=O)N2C(C(=O)O)C(C)(C)S[C@H]12)c1ccc(O)cc1. The molecule has 2 aromatic carbocycles. The molecule has 0 radical (unpaired) electrons. The van der Waals surface area contributed by atoms with E-state index in [1.807, 2.05) is 19.9 Å². The van der Waals surface area contributed by atoms with Gasteiger partial charge in [-0.1, -0.05) is 39.8 Å². The fourth-order valence-electron chi connectivity index (χ4n) is 6.60. The van der Waals surface area contributed by atoms with Crippen LogP contribution in [-0.4, -0.2) is 118 Å². The highest BCUT2D eigenvalue weighted by molar-refractivity contribution is 8.76. The number of carbonyl (C=O) groups is 5. The van der Waals surface area contributed by atoms with Gasteiger partial charge in [0.25, 0.3) is 0 Å². The lowest BCUT2D eigenvalue weighted by Gasteiger charge is -2.44. The van der Waals surface area contributed by atoms with E-state index in [1.54, 1.807) is 38.2 Å². The number of aliphatic carboxylic acids is 1. The maximum absolute atomic E-state index is 13.6. The van der Waals surface area contributed by atoms with Gasteiger partial charge in [0.15, 0.2) is 0 Å². The number of hydrogen-bond donors (Lipinski definition) is 4. The zero-order chi connectivity index (χ0) is 42.6. The minimum absolute atomic E-state index is 0.0108. The smallest absolute Gasteiger partial charge is 0.420 e. The molecule has 21 heteroatoms. The van der Waals surface area contributed by atoms with Gasteiger partial charge in [-0.2, -0.15) is 0 Å². The summed E-state index contributed by atoms with van der Waals surface area (Å²) in [5, 5.41) is 24.1. The minimum Gasteiger partial charge on any atom is -0.508 e. The molecule has 2 aliphatic rings. The fourth-order valence-corrected chi connectivity index (χ4v) is 11.1. The van der Waals surface area contributed by atoms with Gasteiger partial charge in [0.2, 0.25) is 17.0 Å². The van der Waals surface area contributed by atoms with E-state index in [0.717, 1.165) is 11.1 Å². The Balaban J connectivity index is 0.978. The van der Waals surface area contributed by atoms with Gasteiger partial charge >= 0.3 is 18.2 Å². The first-order valence-electron chi connectivity index (χ1n) is 18.1. The summed E-state index contributed by atoms with van der Waals surface area (Å²) in [5.41, 5.74) is 3.60. The number of methoxy groups -OCH3 is 1. The number of rotatable bonds is 16. The van der Waals surface area contributed by atoms with Gasteiger partial charge < -0.3 is 40.0 Å². The number of phenolic OH excluding ortho intramolecular Hbond substituents is 1. The van der Waals surface area contributed by atoms with Crippen LogP contribution in [0, 0.1) is 13.8 Å². The highest BCUT2D eigenvalue weighted by Crippen LogP contribution is 2.50. The van der Waals surface area contributed by atoms with Gasteiger partial charge in [-0.05, 0) is 68.7 Å².